The number of nitrogens with two attached hydrogens (primary N) is 1. The van der Waals surface area contributed by atoms with Gasteiger partial charge in [-0.1, -0.05) is 32.6 Å². The maximum atomic E-state index is 12.1. The zero-order valence-electron chi connectivity index (χ0n) is 12.9. The van der Waals surface area contributed by atoms with Crippen LogP contribution < -0.4 is 11.1 Å². The smallest absolute Gasteiger partial charge is 0.174 e. The van der Waals surface area contributed by atoms with E-state index in [0.29, 0.717) is 18.4 Å². The number of carbonyl (C=O) groups excluding carboxylic acids is 1. The van der Waals surface area contributed by atoms with Crippen molar-refractivity contribution in [3.05, 3.63) is 10.4 Å². The molecule has 4 heteroatoms. The van der Waals surface area contributed by atoms with E-state index in [4.69, 9.17) is 5.73 Å². The van der Waals surface area contributed by atoms with Crippen LogP contribution in [0, 0.1) is 0 Å². The quantitative estimate of drug-likeness (QED) is 0.598. The summed E-state index contributed by atoms with van der Waals surface area (Å²) in [6.45, 7) is 1.91. The Balaban J connectivity index is 1.84. The summed E-state index contributed by atoms with van der Waals surface area (Å²) in [6.07, 6.45) is 10.8. The summed E-state index contributed by atoms with van der Waals surface area (Å²) in [5, 5.41) is 4.93. The van der Waals surface area contributed by atoms with Gasteiger partial charge in [-0.2, -0.15) is 0 Å². The van der Waals surface area contributed by atoms with E-state index in [-0.39, 0.29) is 5.78 Å². The van der Waals surface area contributed by atoms with Crippen LogP contribution >= 0.6 is 11.3 Å². The molecule has 21 heavy (non-hydrogen) atoms. The van der Waals surface area contributed by atoms with Crippen LogP contribution in [0.2, 0.25) is 0 Å². The fourth-order valence-electron chi connectivity index (χ4n) is 3.32. The monoisotopic (exact) mass is 306 g/mol. The zero-order chi connectivity index (χ0) is 14.8. The lowest BCUT2D eigenvalue weighted by molar-refractivity contribution is 0.0993. The summed E-state index contributed by atoms with van der Waals surface area (Å²) in [6, 6.07) is 0.563. The van der Waals surface area contributed by atoms with Crippen molar-refractivity contribution in [2.75, 3.05) is 11.1 Å². The highest BCUT2D eigenvalue weighted by Gasteiger charge is 2.33. The molecule has 3 nitrogen and oxygen atoms in total. The van der Waals surface area contributed by atoms with E-state index in [9.17, 15) is 4.79 Å². The molecular formula is C17H26N2OS. The van der Waals surface area contributed by atoms with Crippen LogP contribution in [0.1, 0.15) is 85.9 Å². The number of ketones is 1. The van der Waals surface area contributed by atoms with Crippen molar-refractivity contribution in [3.8, 4) is 0 Å². The van der Waals surface area contributed by atoms with Crippen molar-refractivity contribution >= 4 is 27.8 Å². The van der Waals surface area contributed by atoms with E-state index < -0.39 is 0 Å². The van der Waals surface area contributed by atoms with Crippen LogP contribution in [0.5, 0.6) is 0 Å². The van der Waals surface area contributed by atoms with E-state index in [2.05, 4.69) is 5.32 Å². The number of nitrogen functional groups attached to an aromatic ring is 1. The van der Waals surface area contributed by atoms with Crippen LogP contribution in [0.15, 0.2) is 0 Å². The van der Waals surface area contributed by atoms with E-state index in [0.717, 1.165) is 10.6 Å². The number of hydrogen-bond donors (Lipinski definition) is 2. The summed E-state index contributed by atoms with van der Waals surface area (Å²) in [4.78, 5) is 12.9. The molecular weight excluding hydrogens is 280 g/mol. The van der Waals surface area contributed by atoms with Gasteiger partial charge < -0.3 is 11.1 Å². The third-order valence-electron chi connectivity index (χ3n) is 4.73. The molecule has 2 fully saturated rings. The second kappa shape index (κ2) is 6.39. The molecule has 0 saturated heterocycles. The first-order valence-electron chi connectivity index (χ1n) is 8.42. The summed E-state index contributed by atoms with van der Waals surface area (Å²) in [5.74, 6) is 0.779. The zero-order valence-corrected chi connectivity index (χ0v) is 13.7. The fraction of sp³-hybridized carbons (Fsp3) is 0.706. The Labute approximate surface area is 131 Å². The van der Waals surface area contributed by atoms with Gasteiger partial charge in [0.2, 0.25) is 0 Å². The second-order valence-electron chi connectivity index (χ2n) is 6.47. The highest BCUT2D eigenvalue weighted by molar-refractivity contribution is 7.18. The molecule has 1 aromatic rings. The Morgan fingerprint density at radius 1 is 1.19 bits per heavy atom. The van der Waals surface area contributed by atoms with Gasteiger partial charge in [0.25, 0.3) is 0 Å². The minimum atomic E-state index is 0.188. The van der Waals surface area contributed by atoms with E-state index >= 15 is 0 Å². The van der Waals surface area contributed by atoms with Crippen LogP contribution in [0.4, 0.5) is 10.7 Å². The highest BCUT2D eigenvalue weighted by atomic mass is 32.1. The molecule has 3 rings (SSSR count). The third kappa shape index (κ3) is 3.25. The number of carbonyl (C=O) groups is 1. The van der Waals surface area contributed by atoms with Crippen molar-refractivity contribution in [2.45, 2.75) is 76.7 Å². The van der Waals surface area contributed by atoms with Gasteiger partial charge in [-0.05, 0) is 31.6 Å². The van der Waals surface area contributed by atoms with E-state index in [1.807, 2.05) is 6.92 Å². The molecule has 2 saturated carbocycles. The minimum absolute atomic E-state index is 0.188. The number of Topliss-reactive ketones (excluding diaryl/α,β-unsaturated/α-hetero) is 1. The minimum Gasteiger partial charge on any atom is -0.397 e. The van der Waals surface area contributed by atoms with E-state index in [1.54, 1.807) is 11.3 Å². The second-order valence-corrected chi connectivity index (χ2v) is 7.49. The molecule has 1 heterocycles. The van der Waals surface area contributed by atoms with Crippen molar-refractivity contribution in [1.29, 1.82) is 0 Å². The SMILES string of the molecule is CCC(=O)c1sc(NC2CCCCCC2)c(C2CC2)c1N. The average molecular weight is 306 g/mol. The van der Waals surface area contributed by atoms with Gasteiger partial charge in [-0.25, -0.2) is 0 Å². The number of rotatable bonds is 5. The van der Waals surface area contributed by atoms with Crippen LogP contribution in [0.25, 0.3) is 0 Å². The van der Waals surface area contributed by atoms with E-state index in [1.165, 1.54) is 61.9 Å². The number of thiophene rings is 1. The van der Waals surface area contributed by atoms with Crippen LogP contribution in [-0.4, -0.2) is 11.8 Å². The lowest BCUT2D eigenvalue weighted by Gasteiger charge is -2.17. The molecule has 2 aliphatic rings. The van der Waals surface area contributed by atoms with Crippen LogP contribution in [-0.2, 0) is 0 Å². The largest absolute Gasteiger partial charge is 0.397 e. The third-order valence-corrected chi connectivity index (χ3v) is 5.93. The molecule has 0 aliphatic heterocycles. The van der Waals surface area contributed by atoms with Crippen molar-refractivity contribution in [2.24, 2.45) is 0 Å². The summed E-state index contributed by atoms with van der Waals surface area (Å²) >= 11 is 1.60. The fourth-order valence-corrected chi connectivity index (χ4v) is 4.61. The summed E-state index contributed by atoms with van der Waals surface area (Å²) in [7, 11) is 0. The van der Waals surface area contributed by atoms with Gasteiger partial charge in [-0.15, -0.1) is 11.3 Å². The Morgan fingerprint density at radius 3 is 2.43 bits per heavy atom. The van der Waals surface area contributed by atoms with Crippen molar-refractivity contribution in [1.82, 2.24) is 0 Å². The van der Waals surface area contributed by atoms with Gasteiger partial charge in [0.1, 0.15) is 0 Å². The maximum Gasteiger partial charge on any atom is 0.174 e. The molecule has 0 aromatic carbocycles. The average Bonchev–Trinajstić information content (AvgIpc) is 3.28. The summed E-state index contributed by atoms with van der Waals surface area (Å²) < 4.78 is 0. The van der Waals surface area contributed by atoms with Gasteiger partial charge in [0.05, 0.1) is 15.6 Å². The first-order valence-corrected chi connectivity index (χ1v) is 9.24. The predicted octanol–water partition coefficient (Wildman–Crippen LogP) is 4.94. The Kier molecular flexibility index (Phi) is 4.53. The van der Waals surface area contributed by atoms with Crippen molar-refractivity contribution < 1.29 is 4.79 Å². The summed E-state index contributed by atoms with van der Waals surface area (Å²) in [5.41, 5.74) is 8.33. The van der Waals surface area contributed by atoms with Gasteiger partial charge in [0.15, 0.2) is 5.78 Å². The molecule has 0 spiro atoms. The lowest BCUT2D eigenvalue weighted by Crippen LogP contribution is -2.18. The molecule has 0 atom stereocenters. The molecule has 2 aliphatic carbocycles. The lowest BCUT2D eigenvalue weighted by atomic mass is 10.1. The van der Waals surface area contributed by atoms with Gasteiger partial charge in [0, 0.05) is 18.0 Å². The molecule has 0 amide bonds. The topological polar surface area (TPSA) is 55.1 Å². The Bertz CT molecular complexity index is 511. The normalized spacial score (nSPS) is 20.2. The first kappa shape index (κ1) is 14.9. The molecule has 0 radical (unpaired) electrons. The molecule has 0 bridgehead atoms. The van der Waals surface area contributed by atoms with Crippen molar-refractivity contribution in [3.63, 3.8) is 0 Å². The first-order chi connectivity index (χ1) is 10.2. The Morgan fingerprint density at radius 2 is 1.86 bits per heavy atom. The molecule has 116 valence electrons. The molecule has 1 aromatic heterocycles. The number of hydrogen-bond acceptors (Lipinski definition) is 4. The molecule has 0 unspecified atom stereocenters. The number of nitrogens with one attached hydrogen (secondary N) is 1. The van der Waals surface area contributed by atoms with Crippen LogP contribution in [0.3, 0.4) is 0 Å². The van der Waals surface area contributed by atoms with Gasteiger partial charge >= 0.3 is 0 Å². The van der Waals surface area contributed by atoms with Gasteiger partial charge in [-0.3, -0.25) is 4.79 Å². The predicted molar refractivity (Wildman–Crippen MR) is 90.4 cm³/mol. The number of anilines is 2. The maximum absolute atomic E-state index is 12.1. The highest BCUT2D eigenvalue weighted by Crippen LogP contribution is 2.51. The molecule has 3 N–H and O–H groups in total. The Hall–Kier alpha value is -1.03. The standard InChI is InChI=1S/C17H26N2OS/c1-2-13(20)16-15(18)14(11-9-10-11)17(21-16)19-12-7-5-3-4-6-8-12/h11-12,19H,2-10,18H2,1H3.